The number of aromatic nitrogens is 3. The van der Waals surface area contributed by atoms with Crippen LogP contribution in [0.1, 0.15) is 33.9 Å². The summed E-state index contributed by atoms with van der Waals surface area (Å²) in [6.07, 6.45) is 0. The van der Waals surface area contributed by atoms with E-state index >= 15 is 0 Å². The number of pyridine rings is 1. The summed E-state index contributed by atoms with van der Waals surface area (Å²) >= 11 is 6.56. The van der Waals surface area contributed by atoms with E-state index in [0.717, 1.165) is 33.3 Å². The van der Waals surface area contributed by atoms with Crippen molar-refractivity contribution in [2.24, 2.45) is 5.73 Å². The number of H-pyrrole nitrogens is 1. The number of rotatable bonds is 1. The molecular weight excluding hydrogens is 350 g/mol. The molecule has 0 saturated carbocycles. The zero-order valence-corrected chi connectivity index (χ0v) is 15.3. The first-order valence-corrected chi connectivity index (χ1v) is 8.49. The molecule has 0 fully saturated rings. The van der Waals surface area contributed by atoms with E-state index in [9.17, 15) is 5.26 Å². The van der Waals surface area contributed by atoms with E-state index in [1.807, 2.05) is 39.0 Å². The predicted octanol–water partition coefficient (Wildman–Crippen LogP) is 3.75. The monoisotopic (exact) mass is 365 g/mol. The summed E-state index contributed by atoms with van der Waals surface area (Å²) in [6, 6.07) is 8.18. The molecular formula is C19H16ClN5O. The van der Waals surface area contributed by atoms with E-state index in [1.165, 1.54) is 0 Å². The highest BCUT2D eigenvalue weighted by Crippen LogP contribution is 2.45. The van der Waals surface area contributed by atoms with Crippen LogP contribution in [0.5, 0.6) is 5.88 Å². The number of hydrogen-bond donors (Lipinski definition) is 2. The third-order valence-electron chi connectivity index (χ3n) is 4.93. The Balaban J connectivity index is 2.02. The van der Waals surface area contributed by atoms with Gasteiger partial charge in [0.15, 0.2) is 0 Å². The minimum Gasteiger partial charge on any atom is -0.420 e. The molecule has 2 aromatic heterocycles. The molecule has 7 heteroatoms. The van der Waals surface area contributed by atoms with Gasteiger partial charge in [-0.1, -0.05) is 23.7 Å². The Morgan fingerprint density at radius 1 is 1.31 bits per heavy atom. The van der Waals surface area contributed by atoms with Crippen LogP contribution in [0.3, 0.4) is 0 Å². The molecule has 3 heterocycles. The molecule has 1 aromatic carbocycles. The highest BCUT2D eigenvalue weighted by molar-refractivity contribution is 6.30. The molecule has 1 atom stereocenters. The smallest absolute Gasteiger partial charge is 0.244 e. The summed E-state index contributed by atoms with van der Waals surface area (Å²) < 4.78 is 5.50. The number of hydrogen-bond acceptors (Lipinski definition) is 5. The second-order valence-corrected chi connectivity index (χ2v) is 6.80. The van der Waals surface area contributed by atoms with Crippen LogP contribution in [-0.2, 0) is 0 Å². The molecule has 0 amide bonds. The van der Waals surface area contributed by atoms with Gasteiger partial charge in [-0.3, -0.25) is 5.10 Å². The number of benzene rings is 1. The third kappa shape index (κ3) is 2.25. The molecule has 3 N–H and O–H groups in total. The summed E-state index contributed by atoms with van der Waals surface area (Å²) in [5.74, 6) is -0.0819. The lowest BCUT2D eigenvalue weighted by Crippen LogP contribution is -2.21. The van der Waals surface area contributed by atoms with Crippen molar-refractivity contribution in [1.82, 2.24) is 15.2 Å². The Morgan fingerprint density at radius 2 is 2.08 bits per heavy atom. The van der Waals surface area contributed by atoms with Crippen LogP contribution in [0.2, 0.25) is 5.15 Å². The van der Waals surface area contributed by atoms with Gasteiger partial charge in [0.05, 0.1) is 11.4 Å². The number of nitrogens with zero attached hydrogens (tertiary/aromatic N) is 3. The molecule has 1 aliphatic rings. The first-order chi connectivity index (χ1) is 12.4. The van der Waals surface area contributed by atoms with Crippen molar-refractivity contribution in [2.75, 3.05) is 0 Å². The number of nitrogens with two attached hydrogens (primary N) is 1. The Kier molecular flexibility index (Phi) is 3.63. The summed E-state index contributed by atoms with van der Waals surface area (Å²) in [7, 11) is 0. The molecule has 0 bridgehead atoms. The van der Waals surface area contributed by atoms with Crippen molar-refractivity contribution < 1.29 is 4.74 Å². The number of nitrogens with one attached hydrogen (secondary N) is 1. The van der Waals surface area contributed by atoms with Crippen LogP contribution in [0.15, 0.2) is 29.7 Å². The van der Waals surface area contributed by atoms with Gasteiger partial charge in [-0.15, -0.1) is 5.10 Å². The van der Waals surface area contributed by atoms with Crippen molar-refractivity contribution in [3.8, 4) is 11.9 Å². The topological polar surface area (TPSA) is 101 Å². The molecule has 1 aliphatic heterocycles. The summed E-state index contributed by atoms with van der Waals surface area (Å²) in [6.45, 7) is 5.93. The number of halogens is 1. The minimum atomic E-state index is -0.478. The van der Waals surface area contributed by atoms with Gasteiger partial charge in [-0.05, 0) is 38.0 Å². The number of allylic oxidation sites excluding steroid dienone is 1. The molecule has 0 spiro atoms. The van der Waals surface area contributed by atoms with Crippen LogP contribution < -0.4 is 10.5 Å². The Bertz CT molecular complexity index is 1140. The summed E-state index contributed by atoms with van der Waals surface area (Å²) in [5, 5.41) is 18.0. The zero-order chi connectivity index (χ0) is 18.6. The van der Waals surface area contributed by atoms with Crippen LogP contribution in [0, 0.1) is 32.1 Å². The Hall–Kier alpha value is -3.04. The quantitative estimate of drug-likeness (QED) is 0.639. The van der Waals surface area contributed by atoms with Crippen LogP contribution in [-0.4, -0.2) is 15.2 Å². The summed E-state index contributed by atoms with van der Waals surface area (Å²) in [4.78, 5) is 4.61. The molecule has 0 radical (unpaired) electrons. The maximum atomic E-state index is 9.67. The van der Waals surface area contributed by atoms with Crippen molar-refractivity contribution in [3.63, 3.8) is 0 Å². The average Bonchev–Trinajstić information content (AvgIpc) is 2.98. The van der Waals surface area contributed by atoms with Crippen molar-refractivity contribution in [3.05, 3.63) is 62.8 Å². The number of aryl methyl sites for hydroxylation is 3. The largest absolute Gasteiger partial charge is 0.420 e. The number of aromatic amines is 1. The fourth-order valence-corrected chi connectivity index (χ4v) is 3.64. The second-order valence-electron chi connectivity index (χ2n) is 6.44. The molecule has 26 heavy (non-hydrogen) atoms. The normalized spacial score (nSPS) is 16.3. The van der Waals surface area contributed by atoms with Gasteiger partial charge in [-0.25, -0.2) is 4.98 Å². The van der Waals surface area contributed by atoms with E-state index < -0.39 is 5.92 Å². The fraction of sp³-hybridized carbons (Fsp3) is 0.211. The SMILES string of the molecule is Cc1ccc2cc(C3C(C#N)=C(N)Oc4n[nH]c(C)c43)c(Cl)nc2c1C. The molecule has 1 unspecified atom stereocenters. The van der Waals surface area contributed by atoms with Crippen molar-refractivity contribution >= 4 is 22.5 Å². The maximum absolute atomic E-state index is 9.67. The first-order valence-electron chi connectivity index (χ1n) is 8.11. The van der Waals surface area contributed by atoms with E-state index in [2.05, 4.69) is 21.3 Å². The average molecular weight is 366 g/mol. The number of fused-ring (bicyclic) bond motifs is 2. The lowest BCUT2D eigenvalue weighted by molar-refractivity contribution is 0.379. The van der Waals surface area contributed by atoms with Crippen molar-refractivity contribution in [2.45, 2.75) is 26.7 Å². The molecule has 6 nitrogen and oxygen atoms in total. The van der Waals surface area contributed by atoms with Gasteiger partial charge in [0.1, 0.15) is 16.8 Å². The Morgan fingerprint density at radius 3 is 2.81 bits per heavy atom. The van der Waals surface area contributed by atoms with Gasteiger partial charge in [0, 0.05) is 22.2 Å². The van der Waals surface area contributed by atoms with Gasteiger partial charge in [-0.2, -0.15) is 5.26 Å². The molecule has 4 rings (SSSR count). The molecule has 0 aliphatic carbocycles. The van der Waals surface area contributed by atoms with Gasteiger partial charge >= 0.3 is 0 Å². The highest BCUT2D eigenvalue weighted by atomic mass is 35.5. The molecule has 3 aromatic rings. The van der Waals surface area contributed by atoms with Gasteiger partial charge < -0.3 is 10.5 Å². The number of nitriles is 1. The van der Waals surface area contributed by atoms with E-state index in [4.69, 9.17) is 22.1 Å². The van der Waals surface area contributed by atoms with E-state index in [1.54, 1.807) is 0 Å². The van der Waals surface area contributed by atoms with Crippen LogP contribution >= 0.6 is 11.6 Å². The lowest BCUT2D eigenvalue weighted by atomic mass is 9.84. The predicted molar refractivity (Wildman–Crippen MR) is 98.8 cm³/mol. The van der Waals surface area contributed by atoms with E-state index in [-0.39, 0.29) is 5.88 Å². The fourth-order valence-electron chi connectivity index (χ4n) is 3.39. The van der Waals surface area contributed by atoms with Crippen LogP contribution in [0.4, 0.5) is 0 Å². The molecule has 130 valence electrons. The van der Waals surface area contributed by atoms with Crippen LogP contribution in [0.25, 0.3) is 10.9 Å². The standard InChI is InChI=1S/C19H16ClN5O/c1-8-4-5-11-6-12(17(20)23-16(11)9(8)2)15-13(7-21)18(22)26-19-14(15)10(3)24-25-19/h4-6,15H,22H2,1-3H3,(H,24,25). The Labute approximate surface area is 155 Å². The molecule has 0 saturated heterocycles. The minimum absolute atomic E-state index is 0.0350. The second kappa shape index (κ2) is 5.75. The summed E-state index contributed by atoms with van der Waals surface area (Å²) in [5.41, 5.74) is 11.6. The highest BCUT2D eigenvalue weighted by Gasteiger charge is 2.35. The number of ether oxygens (including phenoxy) is 1. The lowest BCUT2D eigenvalue weighted by Gasteiger charge is -2.24. The van der Waals surface area contributed by atoms with Crippen molar-refractivity contribution in [1.29, 1.82) is 5.26 Å². The van der Waals surface area contributed by atoms with Gasteiger partial charge in [0.2, 0.25) is 11.8 Å². The van der Waals surface area contributed by atoms with E-state index in [0.29, 0.717) is 22.2 Å². The maximum Gasteiger partial charge on any atom is 0.244 e. The third-order valence-corrected chi connectivity index (χ3v) is 5.24. The van der Waals surface area contributed by atoms with Gasteiger partial charge in [0.25, 0.3) is 0 Å². The first kappa shape index (κ1) is 16.4. The zero-order valence-electron chi connectivity index (χ0n) is 14.5.